The van der Waals surface area contributed by atoms with Crippen molar-refractivity contribution in [3.8, 4) is 0 Å². The molecular formula is C18H26N6O. The Balaban J connectivity index is 1.47. The van der Waals surface area contributed by atoms with Gasteiger partial charge in [-0.05, 0) is 57.7 Å². The number of amides is 1. The van der Waals surface area contributed by atoms with Gasteiger partial charge < -0.3 is 5.32 Å². The molecule has 0 bridgehead atoms. The quantitative estimate of drug-likeness (QED) is 0.881. The molecule has 1 amide bonds. The fourth-order valence-electron chi connectivity index (χ4n) is 4.43. The highest BCUT2D eigenvalue weighted by Crippen LogP contribution is 2.34. The van der Waals surface area contributed by atoms with Crippen LogP contribution in [0.3, 0.4) is 0 Å². The number of aryl methyl sites for hydroxylation is 2. The number of aromatic nitrogens is 4. The average Bonchev–Trinajstić information content (AvgIpc) is 3.29. The first-order valence-electron chi connectivity index (χ1n) is 9.17. The number of carbonyl (C=O) groups excluding carboxylic acids is 1. The van der Waals surface area contributed by atoms with Crippen molar-refractivity contribution in [1.82, 2.24) is 30.2 Å². The molecule has 0 spiro atoms. The first kappa shape index (κ1) is 16.3. The Hall–Kier alpha value is -2.15. The standard InChI is InChI=1S/C18H26N6O/c1-23-10-4-5-12(17(23)15-8-9-20-24(15)2)11-19-18(25)16-13-6-3-7-14(13)21-22-16/h8-9,12,17H,3-7,10-11H2,1-2H3,(H,19,25)(H,21,22)/t12-,17+/m0/s1. The summed E-state index contributed by atoms with van der Waals surface area (Å²) in [5.74, 6) is 0.335. The van der Waals surface area contributed by atoms with Crippen molar-refractivity contribution in [2.45, 2.75) is 38.1 Å². The molecule has 1 fully saturated rings. The van der Waals surface area contributed by atoms with Crippen LogP contribution in [-0.2, 0) is 19.9 Å². The van der Waals surface area contributed by atoms with E-state index in [1.807, 2.05) is 17.9 Å². The molecule has 1 saturated heterocycles. The lowest BCUT2D eigenvalue weighted by Gasteiger charge is -2.39. The molecule has 4 rings (SSSR count). The topological polar surface area (TPSA) is 78.8 Å². The highest BCUT2D eigenvalue weighted by molar-refractivity contribution is 5.94. The smallest absolute Gasteiger partial charge is 0.272 e. The van der Waals surface area contributed by atoms with E-state index < -0.39 is 0 Å². The minimum atomic E-state index is -0.0450. The van der Waals surface area contributed by atoms with Gasteiger partial charge in [-0.3, -0.25) is 19.5 Å². The van der Waals surface area contributed by atoms with E-state index in [1.165, 1.54) is 5.69 Å². The number of aromatic amines is 1. The van der Waals surface area contributed by atoms with Gasteiger partial charge in [-0.2, -0.15) is 10.2 Å². The number of rotatable bonds is 4. The van der Waals surface area contributed by atoms with Crippen LogP contribution in [0.5, 0.6) is 0 Å². The monoisotopic (exact) mass is 342 g/mol. The van der Waals surface area contributed by atoms with Gasteiger partial charge in [0.15, 0.2) is 5.69 Å². The van der Waals surface area contributed by atoms with E-state index in [1.54, 1.807) is 0 Å². The van der Waals surface area contributed by atoms with Crippen LogP contribution < -0.4 is 5.32 Å². The maximum atomic E-state index is 12.6. The van der Waals surface area contributed by atoms with E-state index in [9.17, 15) is 4.79 Å². The fourth-order valence-corrected chi connectivity index (χ4v) is 4.43. The molecule has 0 radical (unpaired) electrons. The number of nitrogens with one attached hydrogen (secondary N) is 2. The van der Waals surface area contributed by atoms with E-state index in [0.29, 0.717) is 18.2 Å². The number of hydrogen-bond donors (Lipinski definition) is 2. The first-order chi connectivity index (χ1) is 12.1. The average molecular weight is 342 g/mol. The summed E-state index contributed by atoms with van der Waals surface area (Å²) in [4.78, 5) is 15.0. The van der Waals surface area contributed by atoms with Crippen molar-refractivity contribution in [1.29, 1.82) is 0 Å². The van der Waals surface area contributed by atoms with Gasteiger partial charge in [-0.25, -0.2) is 0 Å². The SMILES string of the molecule is CN1CCC[C@@H](CNC(=O)c2n[nH]c3c2CCC3)[C@@H]1c1ccnn1C. The van der Waals surface area contributed by atoms with Gasteiger partial charge in [0.25, 0.3) is 5.91 Å². The molecule has 7 nitrogen and oxygen atoms in total. The lowest BCUT2D eigenvalue weighted by Crippen LogP contribution is -2.42. The highest BCUT2D eigenvalue weighted by Gasteiger charge is 2.33. The second-order valence-corrected chi connectivity index (χ2v) is 7.30. The van der Waals surface area contributed by atoms with Crippen molar-refractivity contribution in [2.75, 3.05) is 20.1 Å². The van der Waals surface area contributed by atoms with Crippen molar-refractivity contribution in [3.63, 3.8) is 0 Å². The van der Waals surface area contributed by atoms with Crippen LogP contribution in [0.4, 0.5) is 0 Å². The maximum absolute atomic E-state index is 12.6. The van der Waals surface area contributed by atoms with Crippen LogP contribution >= 0.6 is 0 Å². The molecule has 2 aromatic heterocycles. The van der Waals surface area contributed by atoms with E-state index in [2.05, 4.69) is 38.6 Å². The Bertz CT molecular complexity index is 763. The normalized spacial score (nSPS) is 23.6. The summed E-state index contributed by atoms with van der Waals surface area (Å²) in [6.07, 6.45) is 7.19. The third-order valence-corrected chi connectivity index (χ3v) is 5.72. The van der Waals surface area contributed by atoms with Crippen LogP contribution in [0.15, 0.2) is 12.3 Å². The molecule has 1 aliphatic carbocycles. The van der Waals surface area contributed by atoms with Gasteiger partial charge in [0.2, 0.25) is 0 Å². The van der Waals surface area contributed by atoms with Crippen LogP contribution in [0.2, 0.25) is 0 Å². The van der Waals surface area contributed by atoms with Gasteiger partial charge in [-0.15, -0.1) is 0 Å². The number of likely N-dealkylation sites (tertiary alicyclic amines) is 1. The summed E-state index contributed by atoms with van der Waals surface area (Å²) >= 11 is 0. The molecule has 25 heavy (non-hydrogen) atoms. The molecule has 2 aromatic rings. The van der Waals surface area contributed by atoms with E-state index >= 15 is 0 Å². The second-order valence-electron chi connectivity index (χ2n) is 7.30. The molecule has 0 saturated carbocycles. The summed E-state index contributed by atoms with van der Waals surface area (Å²) in [6, 6.07) is 2.37. The van der Waals surface area contributed by atoms with E-state index in [0.717, 1.165) is 49.9 Å². The minimum absolute atomic E-state index is 0.0450. The largest absolute Gasteiger partial charge is 0.350 e. The van der Waals surface area contributed by atoms with E-state index in [4.69, 9.17) is 0 Å². The molecule has 2 atom stereocenters. The summed E-state index contributed by atoms with van der Waals surface area (Å²) < 4.78 is 1.95. The van der Waals surface area contributed by atoms with Gasteiger partial charge in [0.05, 0.1) is 11.7 Å². The van der Waals surface area contributed by atoms with Crippen molar-refractivity contribution in [3.05, 3.63) is 34.9 Å². The van der Waals surface area contributed by atoms with E-state index in [-0.39, 0.29) is 11.9 Å². The van der Waals surface area contributed by atoms with Crippen LogP contribution in [0.1, 0.15) is 52.7 Å². The zero-order chi connectivity index (χ0) is 17.4. The molecule has 3 heterocycles. The summed E-state index contributed by atoms with van der Waals surface area (Å²) in [6.45, 7) is 1.74. The predicted molar refractivity (Wildman–Crippen MR) is 94.2 cm³/mol. The van der Waals surface area contributed by atoms with Crippen LogP contribution in [-0.4, -0.2) is 50.9 Å². The zero-order valence-corrected chi connectivity index (χ0v) is 15.0. The molecule has 1 aliphatic heterocycles. The van der Waals surface area contributed by atoms with Crippen LogP contribution in [0, 0.1) is 5.92 Å². The molecule has 0 aromatic carbocycles. The second kappa shape index (κ2) is 6.63. The molecule has 134 valence electrons. The predicted octanol–water partition coefficient (Wildman–Crippen LogP) is 1.44. The number of piperidine rings is 1. The Labute approximate surface area is 147 Å². The summed E-state index contributed by atoms with van der Waals surface area (Å²) in [5.41, 5.74) is 4.05. The lowest BCUT2D eigenvalue weighted by molar-refractivity contribution is 0.0875. The minimum Gasteiger partial charge on any atom is -0.350 e. The van der Waals surface area contributed by atoms with Gasteiger partial charge >= 0.3 is 0 Å². The highest BCUT2D eigenvalue weighted by atomic mass is 16.1. The van der Waals surface area contributed by atoms with Gasteiger partial charge in [-0.1, -0.05) is 0 Å². The molecule has 0 unspecified atom stereocenters. The number of carbonyl (C=O) groups is 1. The third kappa shape index (κ3) is 2.97. The zero-order valence-electron chi connectivity index (χ0n) is 15.0. The van der Waals surface area contributed by atoms with Crippen molar-refractivity contribution in [2.24, 2.45) is 13.0 Å². The lowest BCUT2D eigenvalue weighted by atomic mass is 9.87. The van der Waals surface area contributed by atoms with Gasteiger partial charge in [0, 0.05) is 31.0 Å². The van der Waals surface area contributed by atoms with Crippen molar-refractivity contribution >= 4 is 5.91 Å². The molecule has 2 aliphatic rings. The fraction of sp³-hybridized carbons (Fsp3) is 0.611. The van der Waals surface area contributed by atoms with Gasteiger partial charge in [0.1, 0.15) is 0 Å². The molecular weight excluding hydrogens is 316 g/mol. The van der Waals surface area contributed by atoms with Crippen LogP contribution in [0.25, 0.3) is 0 Å². The Morgan fingerprint density at radius 3 is 3.04 bits per heavy atom. The molecule has 2 N–H and O–H groups in total. The Morgan fingerprint density at radius 2 is 2.24 bits per heavy atom. The van der Waals surface area contributed by atoms with Crippen molar-refractivity contribution < 1.29 is 4.79 Å². The number of fused-ring (bicyclic) bond motifs is 1. The first-order valence-corrected chi connectivity index (χ1v) is 9.17. The summed E-state index contributed by atoms with van der Waals surface area (Å²) in [5, 5.41) is 14.7. The maximum Gasteiger partial charge on any atom is 0.272 e. The Morgan fingerprint density at radius 1 is 1.36 bits per heavy atom. The Kier molecular flexibility index (Phi) is 4.33. The third-order valence-electron chi connectivity index (χ3n) is 5.72. The number of hydrogen-bond acceptors (Lipinski definition) is 4. The number of H-pyrrole nitrogens is 1. The molecule has 7 heteroatoms. The summed E-state index contributed by atoms with van der Waals surface area (Å²) in [7, 11) is 4.15. The number of nitrogens with zero attached hydrogens (tertiary/aromatic N) is 4.